The monoisotopic (exact) mass is 236 g/mol. The quantitative estimate of drug-likeness (QED) is 0.425. The van der Waals surface area contributed by atoms with Crippen LogP contribution in [0.2, 0.25) is 0 Å². The van der Waals surface area contributed by atoms with E-state index in [1.165, 1.54) is 77.0 Å². The molecule has 1 aliphatic carbocycles. The summed E-state index contributed by atoms with van der Waals surface area (Å²) >= 11 is 0. The molecule has 1 heterocycles. The normalized spacial score (nSPS) is 34.8. The molecule has 2 aliphatic rings. The zero-order valence-electron chi connectivity index (χ0n) is 11.3. The van der Waals surface area contributed by atoms with Gasteiger partial charge in [0.1, 0.15) is 0 Å². The molecule has 1 nitrogen and oxygen atoms in total. The minimum absolute atomic E-state index is 0.310. The summed E-state index contributed by atoms with van der Waals surface area (Å²) < 4.78 is 5.69. The molecule has 0 radical (unpaired) electrons. The molecule has 1 heteroatoms. The summed E-state index contributed by atoms with van der Waals surface area (Å²) in [6, 6.07) is 0. The number of allylic oxidation sites excluding steroid dienone is 2. The van der Waals surface area contributed by atoms with Gasteiger partial charge >= 0.3 is 0 Å². The van der Waals surface area contributed by atoms with Crippen LogP contribution >= 0.6 is 0 Å². The van der Waals surface area contributed by atoms with Crippen molar-refractivity contribution in [3.05, 3.63) is 12.2 Å². The summed E-state index contributed by atoms with van der Waals surface area (Å²) in [5.74, 6) is 0. The molecule has 0 saturated carbocycles. The van der Waals surface area contributed by atoms with Crippen molar-refractivity contribution in [1.82, 2.24) is 0 Å². The predicted octanol–water partition coefficient (Wildman–Crippen LogP) is 5.01. The van der Waals surface area contributed by atoms with E-state index in [4.69, 9.17) is 4.74 Å². The molecule has 0 amide bonds. The minimum atomic E-state index is 0.310. The minimum Gasteiger partial charge on any atom is -0.370 e. The lowest BCUT2D eigenvalue weighted by molar-refractivity contribution is 0.268. The van der Waals surface area contributed by atoms with Crippen LogP contribution in [0.1, 0.15) is 77.0 Å². The molecule has 1 unspecified atom stereocenters. The van der Waals surface area contributed by atoms with E-state index in [2.05, 4.69) is 12.2 Å². The third-order valence-electron chi connectivity index (χ3n) is 4.24. The number of hydrogen-bond acceptors (Lipinski definition) is 1. The molecule has 1 fully saturated rings. The summed E-state index contributed by atoms with van der Waals surface area (Å²) in [5.41, 5.74) is 0.310. The van der Waals surface area contributed by atoms with E-state index < -0.39 is 0 Å². The van der Waals surface area contributed by atoms with Crippen LogP contribution < -0.4 is 0 Å². The van der Waals surface area contributed by atoms with Gasteiger partial charge in [0.05, 0.1) is 12.2 Å². The van der Waals surface area contributed by atoms with E-state index in [9.17, 15) is 0 Å². The second kappa shape index (κ2) is 7.20. The molecule has 1 saturated heterocycles. The molecule has 0 aromatic heterocycles. The fraction of sp³-hybridized carbons (Fsp3) is 0.875. The molecule has 0 aromatic carbocycles. The van der Waals surface area contributed by atoms with Crippen LogP contribution in [0, 0.1) is 0 Å². The smallest absolute Gasteiger partial charge is 0.0919 e. The molecule has 98 valence electrons. The first-order valence-corrected chi connectivity index (χ1v) is 7.70. The van der Waals surface area contributed by atoms with Gasteiger partial charge in [0, 0.05) is 0 Å². The highest BCUT2D eigenvalue weighted by molar-refractivity contribution is 4.95. The van der Waals surface area contributed by atoms with Crippen molar-refractivity contribution in [2.75, 3.05) is 6.61 Å². The third-order valence-corrected chi connectivity index (χ3v) is 4.24. The van der Waals surface area contributed by atoms with Crippen LogP contribution in [0.3, 0.4) is 0 Å². The third kappa shape index (κ3) is 5.25. The molecule has 1 aliphatic heterocycles. The Hall–Kier alpha value is -0.300. The lowest BCUT2D eigenvalue weighted by Gasteiger charge is -2.09. The number of epoxide rings is 1. The van der Waals surface area contributed by atoms with Crippen molar-refractivity contribution in [2.24, 2.45) is 0 Å². The van der Waals surface area contributed by atoms with Gasteiger partial charge in [-0.15, -0.1) is 0 Å². The van der Waals surface area contributed by atoms with Crippen molar-refractivity contribution in [1.29, 1.82) is 0 Å². The Bertz CT molecular complexity index is 228. The SMILES string of the molecule is C1=C/CCC2(CCCCCCCCCC/1)CO2. The van der Waals surface area contributed by atoms with Gasteiger partial charge in [0.25, 0.3) is 0 Å². The van der Waals surface area contributed by atoms with Crippen LogP contribution in [-0.4, -0.2) is 12.2 Å². The van der Waals surface area contributed by atoms with Gasteiger partial charge in [0.2, 0.25) is 0 Å². The van der Waals surface area contributed by atoms with Crippen LogP contribution in [0.25, 0.3) is 0 Å². The summed E-state index contributed by atoms with van der Waals surface area (Å²) in [5, 5.41) is 0. The molecule has 0 bridgehead atoms. The van der Waals surface area contributed by atoms with Crippen LogP contribution in [-0.2, 0) is 4.74 Å². The maximum absolute atomic E-state index is 5.69. The topological polar surface area (TPSA) is 12.5 Å². The first kappa shape index (κ1) is 13.1. The Morgan fingerprint density at radius 3 is 1.94 bits per heavy atom. The van der Waals surface area contributed by atoms with E-state index in [1.807, 2.05) is 0 Å². The van der Waals surface area contributed by atoms with Gasteiger partial charge in [-0.3, -0.25) is 0 Å². The van der Waals surface area contributed by atoms with Crippen molar-refractivity contribution >= 4 is 0 Å². The van der Waals surface area contributed by atoms with Crippen LogP contribution in [0.15, 0.2) is 12.2 Å². The highest BCUT2D eigenvalue weighted by Gasteiger charge is 2.42. The first-order chi connectivity index (χ1) is 8.41. The Morgan fingerprint density at radius 1 is 0.647 bits per heavy atom. The second-order valence-corrected chi connectivity index (χ2v) is 5.85. The van der Waals surface area contributed by atoms with E-state index >= 15 is 0 Å². The average molecular weight is 236 g/mol. The number of ether oxygens (including phenoxy) is 1. The van der Waals surface area contributed by atoms with Crippen molar-refractivity contribution in [3.63, 3.8) is 0 Å². The maximum Gasteiger partial charge on any atom is 0.0919 e. The first-order valence-electron chi connectivity index (χ1n) is 7.70. The zero-order chi connectivity index (χ0) is 11.8. The van der Waals surface area contributed by atoms with Gasteiger partial charge < -0.3 is 4.74 Å². The van der Waals surface area contributed by atoms with E-state index in [1.54, 1.807) is 0 Å². The van der Waals surface area contributed by atoms with Gasteiger partial charge in [-0.05, 0) is 32.1 Å². The van der Waals surface area contributed by atoms with Gasteiger partial charge in [-0.25, -0.2) is 0 Å². The Kier molecular flexibility index (Phi) is 5.57. The summed E-state index contributed by atoms with van der Waals surface area (Å²) in [4.78, 5) is 0. The molecule has 0 aromatic rings. The number of rotatable bonds is 0. The average Bonchev–Trinajstić information content (AvgIpc) is 3.10. The Morgan fingerprint density at radius 2 is 1.24 bits per heavy atom. The Balaban J connectivity index is 1.71. The van der Waals surface area contributed by atoms with Gasteiger partial charge in [-0.1, -0.05) is 57.1 Å². The van der Waals surface area contributed by atoms with Crippen molar-refractivity contribution in [3.8, 4) is 0 Å². The lowest BCUT2D eigenvalue weighted by Crippen LogP contribution is -2.10. The molecule has 2 rings (SSSR count). The largest absolute Gasteiger partial charge is 0.370 e. The van der Waals surface area contributed by atoms with E-state index in [0.717, 1.165) is 6.61 Å². The second-order valence-electron chi connectivity index (χ2n) is 5.85. The molecule has 1 spiro atoms. The number of hydrogen-bond donors (Lipinski definition) is 0. The summed E-state index contributed by atoms with van der Waals surface area (Å²) in [6.07, 6.45) is 21.2. The standard InChI is InChI=1S/C16H28O/c1-2-4-6-8-10-12-14-16(15-17-16)13-11-9-7-5-3-1/h7,9H,1-6,8,10-15H2/b9-7+. The van der Waals surface area contributed by atoms with E-state index in [-0.39, 0.29) is 0 Å². The molecular formula is C16H28O. The predicted molar refractivity (Wildman–Crippen MR) is 73.2 cm³/mol. The van der Waals surface area contributed by atoms with Gasteiger partial charge in [0.15, 0.2) is 0 Å². The van der Waals surface area contributed by atoms with Crippen LogP contribution in [0.4, 0.5) is 0 Å². The highest BCUT2D eigenvalue weighted by Crippen LogP contribution is 2.37. The van der Waals surface area contributed by atoms with Crippen molar-refractivity contribution < 1.29 is 4.74 Å². The fourth-order valence-corrected chi connectivity index (χ4v) is 2.87. The fourth-order valence-electron chi connectivity index (χ4n) is 2.87. The van der Waals surface area contributed by atoms with Gasteiger partial charge in [-0.2, -0.15) is 0 Å². The van der Waals surface area contributed by atoms with Crippen LogP contribution in [0.5, 0.6) is 0 Å². The maximum atomic E-state index is 5.69. The summed E-state index contributed by atoms with van der Waals surface area (Å²) in [6.45, 7) is 1.03. The molecular weight excluding hydrogens is 208 g/mol. The summed E-state index contributed by atoms with van der Waals surface area (Å²) in [7, 11) is 0. The zero-order valence-corrected chi connectivity index (χ0v) is 11.3. The van der Waals surface area contributed by atoms with Crippen molar-refractivity contribution in [2.45, 2.75) is 82.7 Å². The lowest BCUT2D eigenvalue weighted by atomic mass is 9.96. The molecule has 17 heavy (non-hydrogen) atoms. The van der Waals surface area contributed by atoms with E-state index in [0.29, 0.717) is 5.60 Å². The Labute approximate surface area is 107 Å². The molecule has 0 N–H and O–H groups in total. The molecule has 1 atom stereocenters. The highest BCUT2D eigenvalue weighted by atomic mass is 16.6.